The third kappa shape index (κ3) is 10.6. The molecule has 12 nitrogen and oxygen atoms in total. The van der Waals surface area contributed by atoms with Crippen LogP contribution in [-0.4, -0.2) is 53.6 Å². The first-order valence-corrected chi connectivity index (χ1v) is 22.0. The van der Waals surface area contributed by atoms with E-state index in [0.29, 0.717) is 45.4 Å². The number of nitrogens with one attached hydrogen (secondary N) is 2. The average molecular weight is 916 g/mol. The van der Waals surface area contributed by atoms with E-state index in [1.807, 2.05) is 106 Å². The van der Waals surface area contributed by atoms with Crippen LogP contribution >= 0.6 is 23.2 Å². The van der Waals surface area contributed by atoms with E-state index in [9.17, 15) is 14.4 Å². The van der Waals surface area contributed by atoms with Gasteiger partial charge in [0.1, 0.15) is 42.5 Å². The van der Waals surface area contributed by atoms with Gasteiger partial charge in [0.15, 0.2) is 17.6 Å². The first kappa shape index (κ1) is 44.8. The third-order valence-corrected chi connectivity index (χ3v) is 12.4. The number of carbonyl (C=O) groups is 3. The second-order valence-electron chi connectivity index (χ2n) is 16.1. The second kappa shape index (κ2) is 20.0. The van der Waals surface area contributed by atoms with E-state index in [-0.39, 0.29) is 32.0 Å². The zero-order chi connectivity index (χ0) is 45.6. The summed E-state index contributed by atoms with van der Waals surface area (Å²) in [6.07, 6.45) is 1.58. The fourth-order valence-corrected chi connectivity index (χ4v) is 8.14. The number of nitrogens with zero attached hydrogens (tertiary/aromatic N) is 2. The Morgan fingerprint density at radius 3 is 2.29 bits per heavy atom. The van der Waals surface area contributed by atoms with Crippen molar-refractivity contribution >= 4 is 41.1 Å². The molecule has 65 heavy (non-hydrogen) atoms. The fourth-order valence-electron chi connectivity index (χ4n) is 7.82. The predicted octanol–water partition coefficient (Wildman–Crippen LogP) is 9.99. The lowest BCUT2D eigenvalue weighted by Gasteiger charge is -2.38. The van der Waals surface area contributed by atoms with E-state index in [2.05, 4.69) is 15.6 Å². The number of aryl methyl sites for hydroxylation is 1. The minimum absolute atomic E-state index is 0.0910. The van der Waals surface area contributed by atoms with Crippen LogP contribution in [0.25, 0.3) is 0 Å². The lowest BCUT2D eigenvalue weighted by atomic mass is 9.92. The van der Waals surface area contributed by atoms with Crippen molar-refractivity contribution in [3.05, 3.63) is 176 Å². The Balaban J connectivity index is 0.984. The molecule has 1 aromatic heterocycles. The van der Waals surface area contributed by atoms with Gasteiger partial charge in [0.2, 0.25) is 5.91 Å². The summed E-state index contributed by atoms with van der Waals surface area (Å²) in [5, 5.41) is 6.95. The molecule has 3 amide bonds. The number of hydrogen-bond donors (Lipinski definition) is 2. The molecular weight excluding hydrogens is 867 g/mol. The fraction of sp³-hybridized carbons (Fsp3) is 0.255. The van der Waals surface area contributed by atoms with Gasteiger partial charge in [-0.15, -0.1) is 0 Å². The molecule has 0 saturated carbocycles. The minimum atomic E-state index is -1.04. The van der Waals surface area contributed by atoms with Crippen molar-refractivity contribution in [1.82, 2.24) is 20.5 Å². The normalized spacial score (nSPS) is 16.1. The van der Waals surface area contributed by atoms with Gasteiger partial charge in [0.05, 0.1) is 23.2 Å². The Morgan fingerprint density at radius 2 is 1.55 bits per heavy atom. The molecule has 0 radical (unpaired) electrons. The highest BCUT2D eigenvalue weighted by molar-refractivity contribution is 6.42. The number of ether oxygens (including phenoxy) is 5. The molecule has 0 aliphatic carbocycles. The van der Waals surface area contributed by atoms with Gasteiger partial charge in [-0.05, 0) is 109 Å². The number of carbonyl (C=O) groups excluding carboxylic acids is 3. The van der Waals surface area contributed by atoms with Crippen molar-refractivity contribution in [2.24, 2.45) is 0 Å². The Bertz CT molecular complexity index is 2680. The standard InChI is InChI=1S/C51H48Cl2N4O8/c1-30-31(2)54-21-20-45(30)64-40-15-10-33(11-16-40)23-43(50(59)61-4)56-49(58)44-24-37-25-46-47(26-38(37)27-57(44)51(60)55-32(3)35-8-6-5-7-9-35)65-48(29-63-46)36-13-17-39(18-14-36)62-28-34-12-19-41(52)42(53)22-34/h5-22,25-26,32,43-44,48H,23-24,27-29H2,1-4H3,(H,55,60)(H,56,58)/t32-,43-,44-,48+/m0/s1. The van der Waals surface area contributed by atoms with Crippen LogP contribution in [0.1, 0.15) is 63.7 Å². The monoisotopic (exact) mass is 914 g/mol. The lowest BCUT2D eigenvalue weighted by molar-refractivity contribution is -0.145. The topological polar surface area (TPSA) is 138 Å². The first-order chi connectivity index (χ1) is 31.4. The van der Waals surface area contributed by atoms with Gasteiger partial charge >= 0.3 is 12.0 Å². The number of amides is 3. The molecule has 2 N–H and O–H groups in total. The lowest BCUT2D eigenvalue weighted by Crippen LogP contribution is -2.58. The van der Waals surface area contributed by atoms with E-state index in [4.69, 9.17) is 46.9 Å². The number of aromatic nitrogens is 1. The number of esters is 1. The van der Waals surface area contributed by atoms with Crippen LogP contribution in [0, 0.1) is 13.8 Å². The van der Waals surface area contributed by atoms with Crippen LogP contribution in [-0.2, 0) is 40.3 Å². The Labute approximate surface area is 387 Å². The molecule has 2 aliphatic rings. The van der Waals surface area contributed by atoms with Crippen LogP contribution in [0.15, 0.2) is 121 Å². The highest BCUT2D eigenvalue weighted by Gasteiger charge is 2.38. The van der Waals surface area contributed by atoms with Gasteiger partial charge in [-0.3, -0.25) is 9.78 Å². The SMILES string of the molecule is COC(=O)[C@H](Cc1ccc(Oc2ccnc(C)c2C)cc1)NC(=O)[C@@H]1Cc2cc3c(cc2CN1C(=O)N[C@@H](C)c1ccccc1)O[C@@H](c1ccc(OCc2ccc(Cl)c(Cl)c2)cc1)CO3. The number of hydrogen-bond acceptors (Lipinski definition) is 9. The van der Waals surface area contributed by atoms with Crippen LogP contribution in [0.2, 0.25) is 10.0 Å². The molecule has 0 fully saturated rings. The molecule has 4 atom stereocenters. The van der Waals surface area contributed by atoms with Gasteiger partial charge < -0.3 is 39.2 Å². The quantitative estimate of drug-likeness (QED) is 0.109. The number of benzene rings is 5. The molecule has 0 unspecified atom stereocenters. The zero-order valence-corrected chi connectivity index (χ0v) is 37.8. The number of urea groups is 1. The third-order valence-electron chi connectivity index (χ3n) is 11.7. The Morgan fingerprint density at radius 1 is 0.831 bits per heavy atom. The first-order valence-electron chi connectivity index (χ1n) is 21.2. The van der Waals surface area contributed by atoms with E-state index in [1.54, 1.807) is 36.5 Å². The number of rotatable bonds is 13. The van der Waals surface area contributed by atoms with Crippen molar-refractivity contribution in [2.45, 2.75) is 71.0 Å². The number of halogens is 2. The molecular formula is C51H48Cl2N4O8. The van der Waals surface area contributed by atoms with Crippen molar-refractivity contribution in [3.63, 3.8) is 0 Å². The number of fused-ring (bicyclic) bond motifs is 2. The molecule has 5 aromatic carbocycles. The summed E-state index contributed by atoms with van der Waals surface area (Å²) in [5.41, 5.74) is 6.88. The van der Waals surface area contributed by atoms with Crippen LogP contribution in [0.5, 0.6) is 28.7 Å². The summed E-state index contributed by atoms with van der Waals surface area (Å²) in [4.78, 5) is 47.7. The molecule has 8 rings (SSSR count). The highest BCUT2D eigenvalue weighted by atomic mass is 35.5. The molecule has 0 spiro atoms. The van der Waals surface area contributed by atoms with Crippen molar-refractivity contribution in [3.8, 4) is 28.7 Å². The Hall–Kier alpha value is -6.76. The molecule has 0 bridgehead atoms. The summed E-state index contributed by atoms with van der Waals surface area (Å²) in [7, 11) is 1.28. The highest BCUT2D eigenvalue weighted by Crippen LogP contribution is 2.41. The summed E-state index contributed by atoms with van der Waals surface area (Å²) in [6, 6.07) is 32.6. The molecule has 14 heteroatoms. The van der Waals surface area contributed by atoms with Crippen LogP contribution in [0.4, 0.5) is 4.79 Å². The number of pyridine rings is 1. The van der Waals surface area contributed by atoms with E-state index < -0.39 is 36.1 Å². The number of methoxy groups -OCH3 is 1. The maximum absolute atomic E-state index is 14.4. The predicted molar refractivity (Wildman–Crippen MR) is 247 cm³/mol. The summed E-state index contributed by atoms with van der Waals surface area (Å²) in [6.45, 7) is 6.42. The smallest absolute Gasteiger partial charge is 0.328 e. The van der Waals surface area contributed by atoms with E-state index in [1.165, 1.54) is 12.0 Å². The summed E-state index contributed by atoms with van der Waals surface area (Å²) in [5.74, 6) is 1.91. The zero-order valence-electron chi connectivity index (χ0n) is 36.3. The molecule has 2 aliphatic heterocycles. The van der Waals surface area contributed by atoms with Gasteiger partial charge in [-0.1, -0.05) is 83.9 Å². The molecule has 3 heterocycles. The summed E-state index contributed by atoms with van der Waals surface area (Å²) < 4.78 is 30.0. The second-order valence-corrected chi connectivity index (χ2v) is 16.9. The van der Waals surface area contributed by atoms with Gasteiger partial charge in [0.25, 0.3) is 0 Å². The average Bonchev–Trinajstić information content (AvgIpc) is 3.32. The molecule has 6 aromatic rings. The van der Waals surface area contributed by atoms with Crippen LogP contribution in [0.3, 0.4) is 0 Å². The summed E-state index contributed by atoms with van der Waals surface area (Å²) >= 11 is 12.2. The molecule has 0 saturated heterocycles. The maximum atomic E-state index is 14.4. The van der Waals surface area contributed by atoms with Crippen molar-refractivity contribution < 1.29 is 38.1 Å². The van der Waals surface area contributed by atoms with Crippen molar-refractivity contribution in [1.29, 1.82) is 0 Å². The van der Waals surface area contributed by atoms with Gasteiger partial charge in [-0.25, -0.2) is 9.59 Å². The molecule has 334 valence electrons. The van der Waals surface area contributed by atoms with Gasteiger partial charge in [0, 0.05) is 36.8 Å². The van der Waals surface area contributed by atoms with E-state index >= 15 is 0 Å². The van der Waals surface area contributed by atoms with E-state index in [0.717, 1.165) is 44.6 Å². The minimum Gasteiger partial charge on any atom is -0.489 e. The van der Waals surface area contributed by atoms with Crippen molar-refractivity contribution in [2.75, 3.05) is 13.7 Å². The largest absolute Gasteiger partial charge is 0.489 e. The Kier molecular flexibility index (Phi) is 13.8. The van der Waals surface area contributed by atoms with Gasteiger partial charge in [-0.2, -0.15) is 0 Å². The maximum Gasteiger partial charge on any atom is 0.328 e. The van der Waals surface area contributed by atoms with Crippen LogP contribution < -0.4 is 29.6 Å².